The highest BCUT2D eigenvalue weighted by atomic mass is 35.5. The SMILES string of the molecule is CC1=NC(N2CCOCC2)C=C(Nc2nccc3[nH]c(-c4c(Cl)cc(C#N)cc4Cl)nc23)N1. The monoisotopic (exact) mass is 482 g/mol. The number of amidine groups is 1. The van der Waals surface area contributed by atoms with E-state index < -0.39 is 0 Å². The molecule has 2 aliphatic rings. The van der Waals surface area contributed by atoms with E-state index in [0.717, 1.165) is 30.3 Å². The average Bonchev–Trinajstić information content (AvgIpc) is 3.23. The molecule has 1 atom stereocenters. The van der Waals surface area contributed by atoms with Crippen molar-refractivity contribution in [3.05, 3.63) is 51.9 Å². The Bertz CT molecular complexity index is 1300. The number of nitriles is 1. The van der Waals surface area contributed by atoms with E-state index in [0.29, 0.717) is 51.5 Å². The first-order valence-corrected chi connectivity index (χ1v) is 11.1. The lowest BCUT2D eigenvalue weighted by atomic mass is 10.1. The number of halogens is 2. The van der Waals surface area contributed by atoms with Gasteiger partial charge in [0.25, 0.3) is 0 Å². The van der Waals surface area contributed by atoms with Gasteiger partial charge in [0.2, 0.25) is 0 Å². The van der Waals surface area contributed by atoms with E-state index in [4.69, 9.17) is 43.2 Å². The number of ether oxygens (including phenoxy) is 1. The predicted octanol–water partition coefficient (Wildman–Crippen LogP) is 3.74. The maximum Gasteiger partial charge on any atom is 0.159 e. The molecule has 4 heterocycles. The fourth-order valence-corrected chi connectivity index (χ4v) is 4.56. The fourth-order valence-electron chi connectivity index (χ4n) is 3.89. The second-order valence-electron chi connectivity index (χ2n) is 7.67. The zero-order valence-electron chi connectivity index (χ0n) is 17.7. The molecule has 0 amide bonds. The number of aromatic nitrogens is 3. The molecule has 0 aliphatic carbocycles. The van der Waals surface area contributed by atoms with Crippen molar-refractivity contribution in [1.82, 2.24) is 25.2 Å². The Hall–Kier alpha value is -3.16. The van der Waals surface area contributed by atoms with Crippen LogP contribution in [0.3, 0.4) is 0 Å². The number of hydrogen-bond donors (Lipinski definition) is 3. The van der Waals surface area contributed by atoms with Crippen molar-refractivity contribution in [2.75, 3.05) is 31.6 Å². The molecule has 5 rings (SSSR count). The van der Waals surface area contributed by atoms with Crippen LogP contribution in [0.2, 0.25) is 10.0 Å². The van der Waals surface area contributed by atoms with Gasteiger partial charge in [-0.2, -0.15) is 5.26 Å². The van der Waals surface area contributed by atoms with E-state index in [1.807, 2.05) is 25.1 Å². The molecule has 33 heavy (non-hydrogen) atoms. The highest BCUT2D eigenvalue weighted by molar-refractivity contribution is 6.39. The summed E-state index contributed by atoms with van der Waals surface area (Å²) in [6.45, 7) is 4.98. The molecular formula is C22H20Cl2N8O. The van der Waals surface area contributed by atoms with Crippen molar-refractivity contribution in [1.29, 1.82) is 5.26 Å². The Labute approximate surface area is 200 Å². The molecule has 0 saturated carbocycles. The first-order valence-electron chi connectivity index (χ1n) is 10.4. The number of nitrogens with one attached hydrogen (secondary N) is 3. The smallest absolute Gasteiger partial charge is 0.159 e. The number of fused-ring (bicyclic) bond motifs is 1. The molecule has 168 valence electrons. The minimum absolute atomic E-state index is 0.0807. The van der Waals surface area contributed by atoms with Crippen LogP contribution >= 0.6 is 23.2 Å². The van der Waals surface area contributed by atoms with E-state index in [2.05, 4.69) is 25.5 Å². The summed E-state index contributed by atoms with van der Waals surface area (Å²) in [6, 6.07) is 7.01. The van der Waals surface area contributed by atoms with Crippen LogP contribution in [0.25, 0.3) is 22.4 Å². The standard InChI is InChI=1S/C22H20Cl2N8O/c1-12-27-17(10-18(28-12)32-4-6-33-7-5-32)30-22-20-16(2-3-26-22)29-21(31-20)19-14(23)8-13(11-25)9-15(19)24/h2-3,8-10,18H,4-7H2,1H3,(H,26,30)(H,27,28)(H,29,31). The molecule has 1 saturated heterocycles. The van der Waals surface area contributed by atoms with Gasteiger partial charge in [-0.3, -0.25) is 4.90 Å². The molecule has 1 unspecified atom stereocenters. The number of morpholine rings is 1. The summed E-state index contributed by atoms with van der Waals surface area (Å²) in [4.78, 5) is 19.4. The van der Waals surface area contributed by atoms with Crippen LogP contribution in [-0.2, 0) is 4.74 Å². The van der Waals surface area contributed by atoms with Gasteiger partial charge in [0.05, 0.1) is 46.0 Å². The van der Waals surface area contributed by atoms with E-state index in [-0.39, 0.29) is 6.17 Å². The normalized spacial score (nSPS) is 18.9. The summed E-state index contributed by atoms with van der Waals surface area (Å²) in [7, 11) is 0. The van der Waals surface area contributed by atoms with Crippen molar-refractivity contribution in [3.8, 4) is 17.5 Å². The topological polar surface area (TPSA) is 114 Å². The minimum Gasteiger partial charge on any atom is -0.379 e. The van der Waals surface area contributed by atoms with E-state index in [1.165, 1.54) is 0 Å². The van der Waals surface area contributed by atoms with Crippen LogP contribution in [0.4, 0.5) is 5.82 Å². The lowest BCUT2D eigenvalue weighted by Gasteiger charge is -2.33. The quantitative estimate of drug-likeness (QED) is 0.518. The van der Waals surface area contributed by atoms with Crippen LogP contribution in [0, 0.1) is 11.3 Å². The Morgan fingerprint density at radius 1 is 1.24 bits per heavy atom. The van der Waals surface area contributed by atoms with E-state index >= 15 is 0 Å². The maximum atomic E-state index is 9.14. The largest absolute Gasteiger partial charge is 0.379 e. The molecule has 0 radical (unpaired) electrons. The van der Waals surface area contributed by atoms with Gasteiger partial charge in [0, 0.05) is 19.3 Å². The second-order valence-corrected chi connectivity index (χ2v) is 8.49. The third kappa shape index (κ3) is 4.38. The van der Waals surface area contributed by atoms with E-state index in [1.54, 1.807) is 18.3 Å². The highest BCUT2D eigenvalue weighted by Crippen LogP contribution is 2.36. The van der Waals surface area contributed by atoms with Gasteiger partial charge in [-0.05, 0) is 31.2 Å². The van der Waals surface area contributed by atoms with Gasteiger partial charge < -0.3 is 20.4 Å². The third-order valence-corrected chi connectivity index (χ3v) is 6.04. The molecule has 2 aromatic heterocycles. The molecule has 0 spiro atoms. The first kappa shape index (κ1) is 21.7. The zero-order chi connectivity index (χ0) is 22.9. The van der Waals surface area contributed by atoms with Crippen molar-refractivity contribution in [3.63, 3.8) is 0 Å². The van der Waals surface area contributed by atoms with Gasteiger partial charge in [0.1, 0.15) is 29.2 Å². The highest BCUT2D eigenvalue weighted by Gasteiger charge is 2.23. The summed E-state index contributed by atoms with van der Waals surface area (Å²) >= 11 is 12.8. The molecule has 1 fully saturated rings. The number of pyridine rings is 1. The van der Waals surface area contributed by atoms with Gasteiger partial charge in [0.15, 0.2) is 5.82 Å². The lowest BCUT2D eigenvalue weighted by molar-refractivity contribution is 0.0266. The number of H-pyrrole nitrogens is 1. The van der Waals surface area contributed by atoms with Crippen molar-refractivity contribution < 1.29 is 4.74 Å². The number of benzene rings is 1. The predicted molar refractivity (Wildman–Crippen MR) is 128 cm³/mol. The zero-order valence-corrected chi connectivity index (χ0v) is 19.2. The maximum absolute atomic E-state index is 9.14. The average molecular weight is 483 g/mol. The van der Waals surface area contributed by atoms with Crippen LogP contribution in [0.15, 0.2) is 41.3 Å². The number of aliphatic imine (C=N–C) groups is 1. The molecule has 3 N–H and O–H groups in total. The molecule has 3 aromatic rings. The van der Waals surface area contributed by atoms with Gasteiger partial charge in [-0.15, -0.1) is 0 Å². The summed E-state index contributed by atoms with van der Waals surface area (Å²) in [5.41, 5.74) is 2.32. The number of aromatic amines is 1. The third-order valence-electron chi connectivity index (χ3n) is 5.44. The second kappa shape index (κ2) is 9.00. The number of rotatable bonds is 4. The summed E-state index contributed by atoms with van der Waals surface area (Å²) in [5.74, 6) is 2.65. The first-order chi connectivity index (χ1) is 16.0. The van der Waals surface area contributed by atoms with Crippen LogP contribution < -0.4 is 10.6 Å². The van der Waals surface area contributed by atoms with Crippen molar-refractivity contribution in [2.24, 2.45) is 4.99 Å². The molecular weight excluding hydrogens is 463 g/mol. The van der Waals surface area contributed by atoms with E-state index in [9.17, 15) is 0 Å². The Balaban J connectivity index is 1.47. The summed E-state index contributed by atoms with van der Waals surface area (Å²) in [6.07, 6.45) is 3.64. The number of nitrogens with zero attached hydrogens (tertiary/aromatic N) is 5. The molecule has 0 bridgehead atoms. The Kier molecular flexibility index (Phi) is 5.91. The van der Waals surface area contributed by atoms with Crippen LogP contribution in [0.5, 0.6) is 0 Å². The minimum atomic E-state index is -0.0807. The van der Waals surface area contributed by atoms with Crippen molar-refractivity contribution in [2.45, 2.75) is 13.1 Å². The van der Waals surface area contributed by atoms with Gasteiger partial charge >= 0.3 is 0 Å². The Morgan fingerprint density at radius 3 is 2.73 bits per heavy atom. The van der Waals surface area contributed by atoms with Crippen molar-refractivity contribution >= 4 is 45.9 Å². The fraction of sp³-hybridized carbons (Fsp3) is 0.273. The Morgan fingerprint density at radius 2 is 2.00 bits per heavy atom. The van der Waals surface area contributed by atoms with Crippen LogP contribution in [0.1, 0.15) is 12.5 Å². The number of hydrogen-bond acceptors (Lipinski definition) is 8. The van der Waals surface area contributed by atoms with Gasteiger partial charge in [-0.25, -0.2) is 15.0 Å². The number of imidazole rings is 1. The summed E-state index contributed by atoms with van der Waals surface area (Å²) in [5, 5.41) is 16.4. The summed E-state index contributed by atoms with van der Waals surface area (Å²) < 4.78 is 5.46. The molecule has 2 aliphatic heterocycles. The number of anilines is 1. The van der Waals surface area contributed by atoms with Crippen LogP contribution in [-0.4, -0.2) is 58.2 Å². The molecule has 1 aromatic carbocycles. The molecule has 9 nitrogen and oxygen atoms in total. The lowest BCUT2D eigenvalue weighted by Crippen LogP contribution is -2.45. The molecule has 11 heteroatoms. The van der Waals surface area contributed by atoms with Gasteiger partial charge in [-0.1, -0.05) is 23.2 Å².